The van der Waals surface area contributed by atoms with Crippen LogP contribution in [0.5, 0.6) is 0 Å². The fraction of sp³-hybridized carbons (Fsp3) is 1.00. The van der Waals surface area contributed by atoms with Gasteiger partial charge in [-0.05, 0) is 30.6 Å². The average Bonchev–Trinajstić information content (AvgIpc) is 2.32. The first-order valence-corrected chi connectivity index (χ1v) is 5.24. The molecule has 66 valence electrons. The molecule has 0 aromatic carbocycles. The molecule has 0 saturated heterocycles. The van der Waals surface area contributed by atoms with E-state index in [2.05, 4.69) is 20.8 Å². The summed E-state index contributed by atoms with van der Waals surface area (Å²) in [4.78, 5) is 0. The molecule has 1 fully saturated rings. The van der Waals surface area contributed by atoms with Crippen LogP contribution in [0.4, 0.5) is 0 Å². The topological polar surface area (TPSA) is 0 Å². The van der Waals surface area contributed by atoms with Crippen molar-refractivity contribution in [2.24, 2.45) is 17.8 Å². The Bertz CT molecular complexity index is 122. The molecule has 1 rings (SSSR count). The molecule has 4 unspecified atom stereocenters. The van der Waals surface area contributed by atoms with E-state index in [0.717, 1.165) is 17.8 Å². The van der Waals surface area contributed by atoms with Crippen molar-refractivity contribution in [2.75, 3.05) is 0 Å². The van der Waals surface area contributed by atoms with Gasteiger partial charge in [-0.3, -0.25) is 0 Å². The summed E-state index contributed by atoms with van der Waals surface area (Å²) in [5.74, 6) is 2.50. The number of alkyl halides is 1. The van der Waals surface area contributed by atoms with Crippen molar-refractivity contribution in [3.8, 4) is 0 Å². The highest BCUT2D eigenvalue weighted by Crippen LogP contribution is 2.40. The maximum absolute atomic E-state index is 6.16. The van der Waals surface area contributed by atoms with E-state index in [0.29, 0.717) is 5.38 Å². The standard InChI is InChI=1S/C10H19Cl/c1-4-7(2)9-5-6-10(11)8(9)3/h7-10H,4-6H2,1-3H3. The minimum atomic E-state index is 0.453. The summed E-state index contributed by atoms with van der Waals surface area (Å²) >= 11 is 6.16. The van der Waals surface area contributed by atoms with Gasteiger partial charge in [0.25, 0.3) is 0 Å². The second-order valence-corrected chi connectivity index (χ2v) is 4.56. The van der Waals surface area contributed by atoms with Crippen LogP contribution in [0.1, 0.15) is 40.0 Å². The maximum Gasteiger partial charge on any atom is 0.0364 e. The molecule has 1 saturated carbocycles. The zero-order valence-electron chi connectivity index (χ0n) is 7.81. The zero-order valence-corrected chi connectivity index (χ0v) is 8.56. The Hall–Kier alpha value is 0.290. The molecule has 0 nitrogen and oxygen atoms in total. The summed E-state index contributed by atoms with van der Waals surface area (Å²) in [5, 5.41) is 0.453. The van der Waals surface area contributed by atoms with Crippen LogP contribution < -0.4 is 0 Å². The van der Waals surface area contributed by atoms with E-state index in [9.17, 15) is 0 Å². The summed E-state index contributed by atoms with van der Waals surface area (Å²) in [5.41, 5.74) is 0. The molecule has 0 aliphatic heterocycles. The minimum Gasteiger partial charge on any atom is -0.123 e. The van der Waals surface area contributed by atoms with Crippen LogP contribution in [0.3, 0.4) is 0 Å². The first-order chi connectivity index (χ1) is 5.16. The van der Waals surface area contributed by atoms with Crippen molar-refractivity contribution in [1.29, 1.82) is 0 Å². The highest BCUT2D eigenvalue weighted by atomic mass is 35.5. The van der Waals surface area contributed by atoms with E-state index in [1.165, 1.54) is 19.3 Å². The zero-order chi connectivity index (χ0) is 8.43. The summed E-state index contributed by atoms with van der Waals surface area (Å²) in [7, 11) is 0. The van der Waals surface area contributed by atoms with Crippen molar-refractivity contribution in [1.82, 2.24) is 0 Å². The lowest BCUT2D eigenvalue weighted by Gasteiger charge is -2.22. The van der Waals surface area contributed by atoms with Gasteiger partial charge in [0.05, 0.1) is 0 Å². The molecule has 1 heteroatoms. The Morgan fingerprint density at radius 1 is 1.45 bits per heavy atom. The van der Waals surface area contributed by atoms with Crippen LogP contribution in [0.15, 0.2) is 0 Å². The van der Waals surface area contributed by atoms with Crippen molar-refractivity contribution in [3.05, 3.63) is 0 Å². The van der Waals surface area contributed by atoms with Gasteiger partial charge in [0.1, 0.15) is 0 Å². The van der Waals surface area contributed by atoms with E-state index >= 15 is 0 Å². The van der Waals surface area contributed by atoms with Crippen LogP contribution in [-0.2, 0) is 0 Å². The summed E-state index contributed by atoms with van der Waals surface area (Å²) in [6.45, 7) is 6.94. The van der Waals surface area contributed by atoms with Crippen LogP contribution in [0.25, 0.3) is 0 Å². The highest BCUT2D eigenvalue weighted by Gasteiger charge is 2.33. The molecule has 0 heterocycles. The molecule has 1 aliphatic carbocycles. The van der Waals surface area contributed by atoms with Gasteiger partial charge in [0.2, 0.25) is 0 Å². The predicted octanol–water partition coefficient (Wildman–Crippen LogP) is 3.69. The van der Waals surface area contributed by atoms with E-state index < -0.39 is 0 Å². The summed E-state index contributed by atoms with van der Waals surface area (Å²) in [6.07, 6.45) is 3.89. The lowest BCUT2D eigenvalue weighted by atomic mass is 9.84. The average molecular weight is 175 g/mol. The summed E-state index contributed by atoms with van der Waals surface area (Å²) in [6, 6.07) is 0. The Morgan fingerprint density at radius 3 is 2.45 bits per heavy atom. The van der Waals surface area contributed by atoms with Gasteiger partial charge in [0.15, 0.2) is 0 Å². The van der Waals surface area contributed by atoms with Crippen molar-refractivity contribution >= 4 is 11.6 Å². The Morgan fingerprint density at radius 2 is 2.09 bits per heavy atom. The van der Waals surface area contributed by atoms with Crippen molar-refractivity contribution < 1.29 is 0 Å². The SMILES string of the molecule is CCC(C)C1CCC(Cl)C1C. The first kappa shape index (κ1) is 9.38. The molecule has 0 amide bonds. The van der Waals surface area contributed by atoms with Gasteiger partial charge >= 0.3 is 0 Å². The predicted molar refractivity (Wildman–Crippen MR) is 51.0 cm³/mol. The molecular formula is C10H19Cl. The lowest BCUT2D eigenvalue weighted by Crippen LogP contribution is -2.17. The second kappa shape index (κ2) is 3.80. The normalized spacial score (nSPS) is 40.9. The molecule has 0 aromatic rings. The van der Waals surface area contributed by atoms with Crippen molar-refractivity contribution in [2.45, 2.75) is 45.4 Å². The quantitative estimate of drug-likeness (QED) is 0.561. The maximum atomic E-state index is 6.16. The van der Waals surface area contributed by atoms with Crippen molar-refractivity contribution in [3.63, 3.8) is 0 Å². The van der Waals surface area contributed by atoms with E-state index in [1.54, 1.807) is 0 Å². The summed E-state index contributed by atoms with van der Waals surface area (Å²) < 4.78 is 0. The molecular weight excluding hydrogens is 156 g/mol. The van der Waals surface area contributed by atoms with Gasteiger partial charge < -0.3 is 0 Å². The number of rotatable bonds is 2. The highest BCUT2D eigenvalue weighted by molar-refractivity contribution is 6.20. The monoisotopic (exact) mass is 174 g/mol. The third-order valence-corrected chi connectivity index (χ3v) is 4.01. The van der Waals surface area contributed by atoms with Gasteiger partial charge in [-0.1, -0.05) is 27.2 Å². The van der Waals surface area contributed by atoms with Crippen LogP contribution in [0.2, 0.25) is 0 Å². The first-order valence-electron chi connectivity index (χ1n) is 4.80. The molecule has 0 bridgehead atoms. The number of halogens is 1. The van der Waals surface area contributed by atoms with Gasteiger partial charge in [-0.25, -0.2) is 0 Å². The molecule has 0 N–H and O–H groups in total. The Labute approximate surface area is 75.3 Å². The van der Waals surface area contributed by atoms with Gasteiger partial charge in [0, 0.05) is 5.38 Å². The van der Waals surface area contributed by atoms with E-state index in [-0.39, 0.29) is 0 Å². The Balaban J connectivity index is 2.47. The molecule has 0 radical (unpaired) electrons. The smallest absolute Gasteiger partial charge is 0.0364 e. The van der Waals surface area contributed by atoms with Gasteiger partial charge in [-0.15, -0.1) is 11.6 Å². The van der Waals surface area contributed by atoms with Gasteiger partial charge in [-0.2, -0.15) is 0 Å². The molecule has 11 heavy (non-hydrogen) atoms. The molecule has 0 aromatic heterocycles. The Kier molecular flexibility index (Phi) is 3.24. The molecule has 0 spiro atoms. The van der Waals surface area contributed by atoms with Crippen LogP contribution >= 0.6 is 11.6 Å². The largest absolute Gasteiger partial charge is 0.123 e. The number of hydrogen-bond donors (Lipinski definition) is 0. The number of hydrogen-bond acceptors (Lipinski definition) is 0. The van der Waals surface area contributed by atoms with E-state index in [4.69, 9.17) is 11.6 Å². The van der Waals surface area contributed by atoms with E-state index in [1.807, 2.05) is 0 Å². The van der Waals surface area contributed by atoms with Crippen LogP contribution in [-0.4, -0.2) is 5.38 Å². The minimum absolute atomic E-state index is 0.453. The fourth-order valence-corrected chi connectivity index (χ4v) is 2.56. The molecule has 1 aliphatic rings. The molecule has 4 atom stereocenters. The fourth-order valence-electron chi connectivity index (χ4n) is 2.25. The third-order valence-electron chi connectivity index (χ3n) is 3.40. The lowest BCUT2D eigenvalue weighted by molar-refractivity contribution is 0.289. The second-order valence-electron chi connectivity index (χ2n) is 4.00. The third kappa shape index (κ3) is 1.90. The van der Waals surface area contributed by atoms with Crippen LogP contribution in [0, 0.1) is 17.8 Å².